The molecule has 10 rings (SSSR count). The molecule has 0 unspecified atom stereocenters. The molecule has 0 amide bonds. The number of hydrogen-bond donors (Lipinski definition) is 0. The van der Waals surface area contributed by atoms with Gasteiger partial charge in [0.1, 0.15) is 0 Å². The number of benzene rings is 8. The van der Waals surface area contributed by atoms with Gasteiger partial charge in [-0.2, -0.15) is 0 Å². The zero-order chi connectivity index (χ0) is 37.3. The molecular formula is C54H38N2. The largest absolute Gasteiger partial charge is 0.317 e. The quantitative estimate of drug-likeness (QED) is 0.162. The molecule has 0 spiro atoms. The summed E-state index contributed by atoms with van der Waals surface area (Å²) < 4.78 is 4.74. The van der Waals surface area contributed by atoms with Crippen LogP contribution in [0, 0.1) is 0 Å². The average molecular weight is 715 g/mol. The van der Waals surface area contributed by atoms with Gasteiger partial charge in [-0.1, -0.05) is 176 Å². The number of rotatable bonds is 6. The van der Waals surface area contributed by atoms with Gasteiger partial charge in [-0.25, -0.2) is 0 Å². The van der Waals surface area contributed by atoms with Gasteiger partial charge in [-0.05, 0) is 103 Å². The molecule has 0 atom stereocenters. The second kappa shape index (κ2) is 14.4. The molecule has 0 saturated heterocycles. The minimum absolute atomic E-state index is 1.09. The summed E-state index contributed by atoms with van der Waals surface area (Å²) in [7, 11) is 0. The van der Waals surface area contributed by atoms with Crippen molar-refractivity contribution in [2.75, 3.05) is 0 Å². The van der Waals surface area contributed by atoms with E-state index < -0.39 is 0 Å². The highest BCUT2D eigenvalue weighted by atomic mass is 15.0. The van der Waals surface area contributed by atoms with Gasteiger partial charge in [-0.3, -0.25) is 0 Å². The predicted molar refractivity (Wildman–Crippen MR) is 237 cm³/mol. The van der Waals surface area contributed by atoms with E-state index in [9.17, 15) is 0 Å². The Morgan fingerprint density at radius 3 is 1.30 bits per heavy atom. The Morgan fingerprint density at radius 2 is 0.714 bits per heavy atom. The van der Waals surface area contributed by atoms with Crippen LogP contribution in [0.3, 0.4) is 0 Å². The van der Waals surface area contributed by atoms with E-state index in [2.05, 4.69) is 240 Å². The maximum atomic E-state index is 2.41. The van der Waals surface area contributed by atoms with Crippen molar-refractivity contribution in [3.05, 3.63) is 231 Å². The average Bonchev–Trinajstić information content (AvgIpc) is 3.67. The van der Waals surface area contributed by atoms with Crippen LogP contribution in [0.5, 0.6) is 0 Å². The Balaban J connectivity index is 1.20. The van der Waals surface area contributed by atoms with Crippen molar-refractivity contribution in [3.8, 4) is 56.1 Å². The van der Waals surface area contributed by atoms with Crippen LogP contribution in [0.1, 0.15) is 0 Å². The summed E-state index contributed by atoms with van der Waals surface area (Å²) >= 11 is 0. The minimum atomic E-state index is 1.09. The van der Waals surface area contributed by atoms with Crippen molar-refractivity contribution < 1.29 is 0 Å². The van der Waals surface area contributed by atoms with Crippen molar-refractivity contribution in [1.82, 2.24) is 9.13 Å². The van der Waals surface area contributed by atoms with Crippen LogP contribution in [0.2, 0.25) is 0 Å². The topological polar surface area (TPSA) is 9.86 Å². The van der Waals surface area contributed by atoms with Gasteiger partial charge in [0.25, 0.3) is 0 Å². The van der Waals surface area contributed by atoms with Gasteiger partial charge in [0, 0.05) is 23.0 Å². The van der Waals surface area contributed by atoms with Crippen LogP contribution < -0.4 is 0 Å². The summed E-state index contributed by atoms with van der Waals surface area (Å²) in [5.74, 6) is 0. The van der Waals surface area contributed by atoms with Crippen LogP contribution in [-0.2, 0) is 0 Å². The van der Waals surface area contributed by atoms with Crippen LogP contribution in [0.15, 0.2) is 231 Å². The first kappa shape index (κ1) is 33.2. The molecular weight excluding hydrogens is 677 g/mol. The van der Waals surface area contributed by atoms with Crippen LogP contribution in [-0.4, -0.2) is 9.13 Å². The lowest BCUT2D eigenvalue weighted by atomic mass is 10.0. The summed E-state index contributed by atoms with van der Waals surface area (Å²) in [5, 5.41) is 6.00. The van der Waals surface area contributed by atoms with E-state index in [1.165, 1.54) is 43.8 Å². The molecule has 2 heteroatoms. The maximum absolute atomic E-state index is 2.41. The molecule has 264 valence electrons. The van der Waals surface area contributed by atoms with E-state index in [0.29, 0.717) is 0 Å². The fourth-order valence-corrected chi connectivity index (χ4v) is 7.92. The van der Waals surface area contributed by atoms with Crippen molar-refractivity contribution in [2.45, 2.75) is 0 Å². The fraction of sp³-hybridized carbons (Fsp3) is 0. The molecule has 0 aliphatic heterocycles. The molecule has 8 aromatic carbocycles. The van der Waals surface area contributed by atoms with Gasteiger partial charge >= 0.3 is 0 Å². The van der Waals surface area contributed by atoms with E-state index in [1.807, 2.05) is 0 Å². The van der Waals surface area contributed by atoms with Gasteiger partial charge in [0.2, 0.25) is 0 Å². The number of fused-ring (bicyclic) bond motifs is 3. The van der Waals surface area contributed by atoms with Crippen molar-refractivity contribution in [1.29, 1.82) is 0 Å². The van der Waals surface area contributed by atoms with Crippen molar-refractivity contribution in [2.24, 2.45) is 0 Å². The maximum Gasteiger partial charge on any atom is 0.0541 e. The van der Waals surface area contributed by atoms with E-state index in [1.54, 1.807) is 0 Å². The van der Waals surface area contributed by atoms with E-state index in [0.717, 1.165) is 44.8 Å². The monoisotopic (exact) mass is 714 g/mol. The molecule has 2 aromatic heterocycles. The van der Waals surface area contributed by atoms with Crippen LogP contribution >= 0.6 is 0 Å². The minimum Gasteiger partial charge on any atom is -0.317 e. The smallest absolute Gasteiger partial charge is 0.0541 e. The summed E-state index contributed by atoms with van der Waals surface area (Å²) in [6, 6.07) is 81.0. The Labute approximate surface area is 327 Å². The highest BCUT2D eigenvalue weighted by Gasteiger charge is 2.14. The lowest BCUT2D eigenvalue weighted by Crippen LogP contribution is -1.98. The Bertz CT molecular complexity index is 2960. The number of nitrogens with zero attached hydrogens (tertiary/aromatic N) is 2. The molecule has 0 aliphatic rings. The Hall–Kier alpha value is -7.42. The third kappa shape index (κ3) is 6.34. The molecule has 0 fully saturated rings. The zero-order valence-corrected chi connectivity index (χ0v) is 30.8. The van der Waals surface area contributed by atoms with Gasteiger partial charge in [0.15, 0.2) is 0 Å². The van der Waals surface area contributed by atoms with E-state index in [-0.39, 0.29) is 0 Å². The highest BCUT2D eigenvalue weighted by molar-refractivity contribution is 5.92. The van der Waals surface area contributed by atoms with Gasteiger partial charge < -0.3 is 9.13 Å². The lowest BCUT2D eigenvalue weighted by molar-refractivity contribution is 1.07. The van der Waals surface area contributed by atoms with Crippen molar-refractivity contribution in [3.63, 3.8) is 0 Å². The summed E-state index contributed by atoms with van der Waals surface area (Å²) in [6.07, 6.45) is 2.24. The van der Waals surface area contributed by atoms with E-state index in [4.69, 9.17) is 0 Å². The molecule has 2 heterocycles. The SMILES string of the molecule is c1ccc(-c2ccc(-c3cccc4c(ccn3-c3ccc5ccccc5c3)cc(-c3ccc(-c5ccccc5)cc3)n4-c3ccc4ccccc4c3)cc2)cc1. The van der Waals surface area contributed by atoms with Crippen LogP contribution in [0.25, 0.3) is 88.6 Å². The third-order valence-electron chi connectivity index (χ3n) is 10.8. The summed E-state index contributed by atoms with van der Waals surface area (Å²) in [5.41, 5.74) is 12.7. The first-order chi connectivity index (χ1) is 27.7. The second-order valence-corrected chi connectivity index (χ2v) is 14.3. The number of aromatic nitrogens is 2. The first-order valence-electron chi connectivity index (χ1n) is 19.2. The standard InChI is InChI=1S/C54H38N2/c1-3-12-39(13-4-1)43-22-26-45(27-23-43)52-20-11-21-53-49(34-35-55(52)50-32-30-41-16-7-9-18-47(41)36-50)38-54(46-28-24-44(25-29-46)40-14-5-2-6-15-40)56(53)51-33-31-42-17-8-10-19-48(42)37-51/h1-38H. The third-order valence-corrected chi connectivity index (χ3v) is 10.8. The first-order valence-corrected chi connectivity index (χ1v) is 19.2. The lowest BCUT2D eigenvalue weighted by Gasteiger charge is -2.14. The fourth-order valence-electron chi connectivity index (χ4n) is 7.92. The van der Waals surface area contributed by atoms with Crippen LogP contribution in [0.4, 0.5) is 0 Å². The highest BCUT2D eigenvalue weighted by Crippen LogP contribution is 2.35. The molecule has 2 nitrogen and oxygen atoms in total. The zero-order valence-electron chi connectivity index (χ0n) is 30.8. The molecule has 0 N–H and O–H groups in total. The van der Waals surface area contributed by atoms with Gasteiger partial charge in [-0.15, -0.1) is 0 Å². The molecule has 56 heavy (non-hydrogen) atoms. The summed E-state index contributed by atoms with van der Waals surface area (Å²) in [4.78, 5) is 0. The number of hydrogen-bond acceptors (Lipinski definition) is 0. The molecule has 0 radical (unpaired) electrons. The van der Waals surface area contributed by atoms with Gasteiger partial charge in [0.05, 0.1) is 16.9 Å². The normalized spacial score (nSPS) is 11.2. The summed E-state index contributed by atoms with van der Waals surface area (Å²) in [6.45, 7) is 0. The second-order valence-electron chi connectivity index (χ2n) is 14.3. The molecule has 0 saturated carbocycles. The Morgan fingerprint density at radius 1 is 0.250 bits per heavy atom. The Kier molecular flexibility index (Phi) is 8.55. The van der Waals surface area contributed by atoms with E-state index >= 15 is 0 Å². The predicted octanol–water partition coefficient (Wildman–Crippen LogP) is 14.5. The molecule has 0 bridgehead atoms. The molecule has 10 aromatic rings. The van der Waals surface area contributed by atoms with Crippen molar-refractivity contribution >= 4 is 32.4 Å². The molecule has 0 aliphatic carbocycles.